The van der Waals surface area contributed by atoms with Crippen LogP contribution in [0.4, 0.5) is 10.3 Å². The highest BCUT2D eigenvalue weighted by atomic mass is 19.1. The van der Waals surface area contributed by atoms with Crippen LogP contribution < -0.4 is 19.5 Å². The second-order valence-corrected chi connectivity index (χ2v) is 4.99. The minimum atomic E-state index is -0.641. The van der Waals surface area contributed by atoms with Crippen molar-refractivity contribution in [3.63, 3.8) is 0 Å². The molecule has 2 aromatic heterocycles. The monoisotopic (exact) mass is 345 g/mol. The SMILES string of the molecule is COc1nc(NCc2noc(-c3ccc4c(c3)OCO4)n2)ncc1F. The number of aromatic nitrogens is 4. The van der Waals surface area contributed by atoms with Gasteiger partial charge in [-0.2, -0.15) is 14.4 Å². The molecule has 25 heavy (non-hydrogen) atoms. The van der Waals surface area contributed by atoms with E-state index in [4.69, 9.17) is 18.7 Å². The van der Waals surface area contributed by atoms with Gasteiger partial charge in [0.2, 0.25) is 18.6 Å². The van der Waals surface area contributed by atoms with Gasteiger partial charge in [0.15, 0.2) is 17.3 Å². The highest BCUT2D eigenvalue weighted by Gasteiger charge is 2.17. The summed E-state index contributed by atoms with van der Waals surface area (Å²) < 4.78 is 33.9. The molecule has 10 heteroatoms. The molecule has 0 saturated carbocycles. The minimum Gasteiger partial charge on any atom is -0.479 e. The Kier molecular flexibility index (Phi) is 3.77. The molecular weight excluding hydrogens is 333 g/mol. The molecule has 0 unspecified atom stereocenters. The van der Waals surface area contributed by atoms with Gasteiger partial charge in [-0.25, -0.2) is 4.98 Å². The van der Waals surface area contributed by atoms with Crippen molar-refractivity contribution in [1.29, 1.82) is 0 Å². The number of rotatable bonds is 5. The van der Waals surface area contributed by atoms with Crippen molar-refractivity contribution in [3.8, 4) is 28.8 Å². The standard InChI is InChI=1S/C15H12FN5O4/c1-22-14-9(16)5-17-15(20-14)18-6-12-19-13(25-21-12)8-2-3-10-11(4-8)24-7-23-10/h2-5H,6-7H2,1H3,(H,17,18,20). The molecule has 4 rings (SSSR count). The number of nitrogens with one attached hydrogen (secondary N) is 1. The maximum Gasteiger partial charge on any atom is 0.258 e. The third-order valence-electron chi connectivity index (χ3n) is 3.40. The van der Waals surface area contributed by atoms with Crippen LogP contribution in [0.2, 0.25) is 0 Å². The van der Waals surface area contributed by atoms with Gasteiger partial charge in [0.1, 0.15) is 0 Å². The molecule has 1 aromatic carbocycles. The van der Waals surface area contributed by atoms with E-state index in [2.05, 4.69) is 25.4 Å². The summed E-state index contributed by atoms with van der Waals surface area (Å²) in [4.78, 5) is 12.0. The van der Waals surface area contributed by atoms with Gasteiger partial charge in [0.05, 0.1) is 19.9 Å². The lowest BCUT2D eigenvalue weighted by atomic mass is 10.2. The van der Waals surface area contributed by atoms with E-state index < -0.39 is 5.82 Å². The van der Waals surface area contributed by atoms with E-state index in [-0.39, 0.29) is 25.2 Å². The van der Waals surface area contributed by atoms with Crippen LogP contribution in [0.25, 0.3) is 11.5 Å². The van der Waals surface area contributed by atoms with E-state index in [1.54, 1.807) is 18.2 Å². The van der Waals surface area contributed by atoms with Gasteiger partial charge < -0.3 is 24.1 Å². The average Bonchev–Trinajstić information content (AvgIpc) is 3.29. The molecule has 0 fully saturated rings. The Morgan fingerprint density at radius 3 is 3.00 bits per heavy atom. The molecule has 1 aliphatic heterocycles. The molecule has 1 N–H and O–H groups in total. The van der Waals surface area contributed by atoms with Crippen LogP contribution in [-0.2, 0) is 6.54 Å². The number of hydrogen-bond donors (Lipinski definition) is 1. The van der Waals surface area contributed by atoms with E-state index in [0.717, 1.165) is 6.20 Å². The molecule has 128 valence electrons. The highest BCUT2D eigenvalue weighted by molar-refractivity contribution is 5.60. The van der Waals surface area contributed by atoms with Crippen LogP contribution in [0.5, 0.6) is 17.4 Å². The van der Waals surface area contributed by atoms with Gasteiger partial charge in [-0.05, 0) is 18.2 Å². The highest BCUT2D eigenvalue weighted by Crippen LogP contribution is 2.35. The number of halogens is 1. The van der Waals surface area contributed by atoms with Crippen molar-refractivity contribution in [2.75, 3.05) is 19.2 Å². The van der Waals surface area contributed by atoms with E-state index in [9.17, 15) is 4.39 Å². The maximum atomic E-state index is 13.3. The van der Waals surface area contributed by atoms with Crippen molar-refractivity contribution >= 4 is 5.95 Å². The van der Waals surface area contributed by atoms with Crippen LogP contribution in [0.3, 0.4) is 0 Å². The van der Waals surface area contributed by atoms with Crippen LogP contribution in [0, 0.1) is 5.82 Å². The molecule has 1 aliphatic rings. The quantitative estimate of drug-likeness (QED) is 0.743. The predicted octanol–water partition coefficient (Wildman–Crippen LogP) is 2.02. The first kappa shape index (κ1) is 15.1. The first-order chi connectivity index (χ1) is 12.2. The number of methoxy groups -OCH3 is 1. The molecule has 0 radical (unpaired) electrons. The molecule has 9 nitrogen and oxygen atoms in total. The van der Waals surface area contributed by atoms with E-state index in [1.165, 1.54) is 7.11 Å². The Hall–Kier alpha value is -3.43. The van der Waals surface area contributed by atoms with E-state index >= 15 is 0 Å². The summed E-state index contributed by atoms with van der Waals surface area (Å²) in [5.41, 5.74) is 0.711. The fraction of sp³-hybridized carbons (Fsp3) is 0.200. The topological polar surface area (TPSA) is 104 Å². The summed E-state index contributed by atoms with van der Waals surface area (Å²) in [6, 6.07) is 5.34. The van der Waals surface area contributed by atoms with Gasteiger partial charge in [-0.1, -0.05) is 5.16 Å². The van der Waals surface area contributed by atoms with Gasteiger partial charge in [-0.3, -0.25) is 0 Å². The third-order valence-corrected chi connectivity index (χ3v) is 3.40. The normalized spacial score (nSPS) is 12.2. The first-order valence-electron chi connectivity index (χ1n) is 7.26. The maximum absolute atomic E-state index is 13.3. The number of ether oxygens (including phenoxy) is 3. The third kappa shape index (κ3) is 3.01. The molecular formula is C15H12FN5O4. The summed E-state index contributed by atoms with van der Waals surface area (Å²) in [7, 11) is 1.33. The molecule has 0 saturated heterocycles. The summed E-state index contributed by atoms with van der Waals surface area (Å²) in [6.07, 6.45) is 1.02. The van der Waals surface area contributed by atoms with Gasteiger partial charge >= 0.3 is 0 Å². The Morgan fingerprint density at radius 1 is 1.24 bits per heavy atom. The Bertz CT molecular complexity index is 917. The second kappa shape index (κ2) is 6.23. The lowest BCUT2D eigenvalue weighted by Crippen LogP contribution is -2.06. The average molecular weight is 345 g/mol. The van der Waals surface area contributed by atoms with Gasteiger partial charge in [0.25, 0.3) is 11.8 Å². The van der Waals surface area contributed by atoms with Crippen LogP contribution in [0.15, 0.2) is 28.9 Å². The Balaban J connectivity index is 1.46. The van der Waals surface area contributed by atoms with Crippen molar-refractivity contribution in [2.45, 2.75) is 6.54 Å². The fourth-order valence-corrected chi connectivity index (χ4v) is 2.21. The largest absolute Gasteiger partial charge is 0.479 e. The van der Waals surface area contributed by atoms with Crippen LogP contribution in [0.1, 0.15) is 5.82 Å². The summed E-state index contributed by atoms with van der Waals surface area (Å²) in [5, 5.41) is 6.75. The number of hydrogen-bond acceptors (Lipinski definition) is 9. The Labute approximate surface area is 140 Å². The Morgan fingerprint density at radius 2 is 2.12 bits per heavy atom. The summed E-state index contributed by atoms with van der Waals surface area (Å²) >= 11 is 0. The van der Waals surface area contributed by atoms with Gasteiger partial charge in [-0.15, -0.1) is 0 Å². The number of nitrogens with zero attached hydrogens (tertiary/aromatic N) is 4. The van der Waals surface area contributed by atoms with E-state index in [0.29, 0.717) is 28.8 Å². The van der Waals surface area contributed by atoms with E-state index in [1.807, 2.05) is 0 Å². The fourth-order valence-electron chi connectivity index (χ4n) is 2.21. The summed E-state index contributed by atoms with van der Waals surface area (Å²) in [6.45, 7) is 0.391. The molecule has 0 atom stereocenters. The molecule has 0 spiro atoms. The lowest BCUT2D eigenvalue weighted by Gasteiger charge is -2.04. The van der Waals surface area contributed by atoms with Crippen LogP contribution in [-0.4, -0.2) is 34.0 Å². The number of fused-ring (bicyclic) bond motifs is 1. The second-order valence-electron chi connectivity index (χ2n) is 4.99. The molecule has 0 bridgehead atoms. The van der Waals surface area contributed by atoms with Gasteiger partial charge in [0, 0.05) is 5.56 Å². The first-order valence-corrected chi connectivity index (χ1v) is 7.26. The smallest absolute Gasteiger partial charge is 0.258 e. The zero-order valence-electron chi connectivity index (χ0n) is 13.0. The van der Waals surface area contributed by atoms with Crippen LogP contribution >= 0.6 is 0 Å². The molecule has 0 aliphatic carbocycles. The summed E-state index contributed by atoms with van der Waals surface area (Å²) in [5.74, 6) is 1.43. The van der Waals surface area contributed by atoms with Crippen molar-refractivity contribution in [2.24, 2.45) is 0 Å². The van der Waals surface area contributed by atoms with Crippen molar-refractivity contribution < 1.29 is 23.1 Å². The number of anilines is 1. The zero-order chi connectivity index (χ0) is 17.2. The molecule has 3 aromatic rings. The lowest BCUT2D eigenvalue weighted by molar-refractivity contribution is 0.174. The van der Waals surface area contributed by atoms with Crippen molar-refractivity contribution in [3.05, 3.63) is 36.0 Å². The molecule has 0 amide bonds. The van der Waals surface area contributed by atoms with Crippen molar-refractivity contribution in [1.82, 2.24) is 20.1 Å². The minimum absolute atomic E-state index is 0.147. The predicted molar refractivity (Wildman–Crippen MR) is 81.7 cm³/mol. The molecule has 3 heterocycles. The number of benzene rings is 1. The zero-order valence-corrected chi connectivity index (χ0v) is 13.0.